The number of carbonyl (C=O) groups is 2. The SMILES string of the molecule is CCC(C)NC(=O)c1ccc2c(=O)n(C(C)C)c3nn(CC(=O)c4cc(C)ccc4C)c(=O)n3c2c1. The van der Waals surface area contributed by atoms with Crippen molar-refractivity contribution in [3.8, 4) is 0 Å². The molecule has 2 aromatic heterocycles. The van der Waals surface area contributed by atoms with E-state index >= 15 is 0 Å². The second-order valence-electron chi connectivity index (χ2n) is 9.60. The van der Waals surface area contributed by atoms with Crippen molar-refractivity contribution in [2.45, 2.75) is 66.6 Å². The Morgan fingerprint density at radius 3 is 2.42 bits per heavy atom. The van der Waals surface area contributed by atoms with Gasteiger partial charge in [0.15, 0.2) is 5.78 Å². The minimum absolute atomic E-state index is 0.0243. The standard InChI is InChI=1S/C27H31N5O4/c1-7-18(6)28-24(34)19-10-11-20-22(13-19)32-26(31(15(2)3)25(20)35)29-30(27(32)36)14-23(33)21-12-16(4)8-9-17(21)5/h8-13,15,18H,7,14H2,1-6H3,(H,28,34). The van der Waals surface area contributed by atoms with Crippen LogP contribution in [0.5, 0.6) is 0 Å². The molecule has 0 fully saturated rings. The van der Waals surface area contributed by atoms with Crippen molar-refractivity contribution in [1.29, 1.82) is 0 Å². The van der Waals surface area contributed by atoms with Gasteiger partial charge in [0.1, 0.15) is 6.54 Å². The number of carbonyl (C=O) groups excluding carboxylic acids is 2. The second-order valence-corrected chi connectivity index (χ2v) is 9.60. The third-order valence-electron chi connectivity index (χ3n) is 6.48. The van der Waals surface area contributed by atoms with Gasteiger partial charge in [0.05, 0.1) is 10.9 Å². The van der Waals surface area contributed by atoms with E-state index in [-0.39, 0.29) is 47.2 Å². The first-order valence-electron chi connectivity index (χ1n) is 12.1. The highest BCUT2D eigenvalue weighted by Gasteiger charge is 2.22. The summed E-state index contributed by atoms with van der Waals surface area (Å²) in [5.74, 6) is -0.420. The highest BCUT2D eigenvalue weighted by atomic mass is 16.2. The Morgan fingerprint density at radius 1 is 1.03 bits per heavy atom. The lowest BCUT2D eigenvalue weighted by Crippen LogP contribution is -2.32. The van der Waals surface area contributed by atoms with Crippen LogP contribution >= 0.6 is 0 Å². The number of Topliss-reactive ketones (excluding diaryl/α,β-unsaturated/α-hetero) is 1. The molecule has 0 aliphatic rings. The van der Waals surface area contributed by atoms with E-state index in [1.165, 1.54) is 15.0 Å². The Kier molecular flexibility index (Phi) is 6.67. The lowest BCUT2D eigenvalue weighted by atomic mass is 10.0. The maximum atomic E-state index is 13.5. The normalized spacial score (nSPS) is 12.4. The number of aromatic nitrogens is 4. The first-order valence-corrected chi connectivity index (χ1v) is 12.1. The van der Waals surface area contributed by atoms with Crippen LogP contribution in [0, 0.1) is 13.8 Å². The molecule has 9 nitrogen and oxygen atoms in total. The zero-order chi connectivity index (χ0) is 26.3. The van der Waals surface area contributed by atoms with Gasteiger partial charge in [-0.15, -0.1) is 5.10 Å². The number of amides is 1. The van der Waals surface area contributed by atoms with Crippen molar-refractivity contribution in [2.75, 3.05) is 0 Å². The van der Waals surface area contributed by atoms with Gasteiger partial charge in [0.2, 0.25) is 5.78 Å². The number of nitrogens with one attached hydrogen (secondary N) is 1. The smallest absolute Gasteiger partial charge is 0.350 e. The first-order chi connectivity index (χ1) is 17.0. The summed E-state index contributed by atoms with van der Waals surface area (Å²) in [5, 5.41) is 7.60. The Balaban J connectivity index is 1.92. The molecule has 2 heterocycles. The van der Waals surface area contributed by atoms with Crippen LogP contribution in [-0.2, 0) is 6.54 Å². The highest BCUT2D eigenvalue weighted by molar-refractivity contribution is 5.98. The minimum atomic E-state index is -0.553. The van der Waals surface area contributed by atoms with Crippen LogP contribution in [-0.4, -0.2) is 36.5 Å². The average Bonchev–Trinajstić information content (AvgIpc) is 3.15. The Morgan fingerprint density at radius 2 is 1.75 bits per heavy atom. The molecule has 1 amide bonds. The molecule has 2 aromatic carbocycles. The predicted octanol–water partition coefficient (Wildman–Crippen LogP) is 3.42. The lowest BCUT2D eigenvalue weighted by Gasteiger charge is -2.14. The molecule has 0 spiro atoms. The van der Waals surface area contributed by atoms with Crippen molar-refractivity contribution in [3.63, 3.8) is 0 Å². The first kappa shape index (κ1) is 25.1. The number of fused-ring (bicyclic) bond motifs is 3. The summed E-state index contributed by atoms with van der Waals surface area (Å²) in [5.41, 5.74) is 2.00. The van der Waals surface area contributed by atoms with Gasteiger partial charge in [0, 0.05) is 23.2 Å². The fourth-order valence-corrected chi connectivity index (χ4v) is 4.26. The molecule has 4 rings (SSSR count). The predicted molar refractivity (Wildman–Crippen MR) is 139 cm³/mol. The zero-order valence-corrected chi connectivity index (χ0v) is 21.5. The maximum absolute atomic E-state index is 13.5. The summed E-state index contributed by atoms with van der Waals surface area (Å²) in [7, 11) is 0. The fourth-order valence-electron chi connectivity index (χ4n) is 4.26. The minimum Gasteiger partial charge on any atom is -0.350 e. The molecule has 0 aliphatic carbocycles. The molecule has 9 heteroatoms. The van der Waals surface area contributed by atoms with Crippen LogP contribution < -0.4 is 16.6 Å². The molecule has 36 heavy (non-hydrogen) atoms. The van der Waals surface area contributed by atoms with Gasteiger partial charge < -0.3 is 5.32 Å². The second kappa shape index (κ2) is 9.56. The third kappa shape index (κ3) is 4.36. The zero-order valence-electron chi connectivity index (χ0n) is 21.5. The molecule has 1 N–H and O–H groups in total. The van der Waals surface area contributed by atoms with E-state index in [9.17, 15) is 19.2 Å². The van der Waals surface area contributed by atoms with Crippen LogP contribution in [0.2, 0.25) is 0 Å². The van der Waals surface area contributed by atoms with E-state index in [1.54, 1.807) is 18.2 Å². The number of hydrogen-bond acceptors (Lipinski definition) is 5. The van der Waals surface area contributed by atoms with Gasteiger partial charge in [-0.1, -0.05) is 24.6 Å². The summed E-state index contributed by atoms with van der Waals surface area (Å²) in [6.45, 7) is 11.0. The van der Waals surface area contributed by atoms with Crippen molar-refractivity contribution in [1.82, 2.24) is 24.1 Å². The number of nitrogens with zero attached hydrogens (tertiary/aromatic N) is 4. The number of aryl methyl sites for hydroxylation is 2. The topological polar surface area (TPSA) is 107 Å². The molecular weight excluding hydrogens is 458 g/mol. The number of ketones is 1. The number of hydrogen-bond donors (Lipinski definition) is 1. The molecule has 188 valence electrons. The van der Waals surface area contributed by atoms with Gasteiger partial charge in [-0.05, 0) is 70.9 Å². The van der Waals surface area contributed by atoms with Gasteiger partial charge in [-0.3, -0.25) is 19.0 Å². The monoisotopic (exact) mass is 489 g/mol. The fraction of sp³-hybridized carbons (Fsp3) is 0.370. The number of benzene rings is 2. The van der Waals surface area contributed by atoms with Gasteiger partial charge in [-0.2, -0.15) is 0 Å². The van der Waals surface area contributed by atoms with Crippen molar-refractivity contribution in [3.05, 3.63) is 79.5 Å². The Bertz CT molecular complexity index is 1620. The van der Waals surface area contributed by atoms with E-state index in [0.717, 1.165) is 22.2 Å². The van der Waals surface area contributed by atoms with E-state index in [4.69, 9.17) is 0 Å². The van der Waals surface area contributed by atoms with Crippen LogP contribution in [0.15, 0.2) is 46.0 Å². The molecule has 0 saturated carbocycles. The van der Waals surface area contributed by atoms with Gasteiger partial charge in [-0.25, -0.2) is 13.9 Å². The number of rotatable bonds is 7. The van der Waals surface area contributed by atoms with Crippen LogP contribution in [0.1, 0.15) is 72.0 Å². The summed E-state index contributed by atoms with van der Waals surface area (Å²) < 4.78 is 3.83. The van der Waals surface area contributed by atoms with E-state index in [1.807, 2.05) is 53.7 Å². The maximum Gasteiger partial charge on any atom is 0.352 e. The van der Waals surface area contributed by atoms with Gasteiger partial charge in [0.25, 0.3) is 11.5 Å². The molecule has 0 radical (unpaired) electrons. The molecule has 0 aliphatic heterocycles. The molecule has 0 bridgehead atoms. The van der Waals surface area contributed by atoms with Crippen molar-refractivity contribution in [2.24, 2.45) is 0 Å². The molecule has 4 aromatic rings. The van der Waals surface area contributed by atoms with E-state index < -0.39 is 5.69 Å². The van der Waals surface area contributed by atoms with Crippen molar-refractivity contribution < 1.29 is 9.59 Å². The third-order valence-corrected chi connectivity index (χ3v) is 6.48. The molecular formula is C27H31N5O4. The molecule has 1 atom stereocenters. The Labute approximate surface area is 208 Å². The Hall–Kier alpha value is -4.01. The van der Waals surface area contributed by atoms with Crippen LogP contribution in [0.3, 0.4) is 0 Å². The van der Waals surface area contributed by atoms with Crippen LogP contribution in [0.25, 0.3) is 16.7 Å². The highest BCUT2D eigenvalue weighted by Crippen LogP contribution is 2.17. The summed E-state index contributed by atoms with van der Waals surface area (Å²) in [6.07, 6.45) is 0.767. The van der Waals surface area contributed by atoms with Crippen molar-refractivity contribution >= 4 is 28.4 Å². The molecule has 0 saturated heterocycles. The van der Waals surface area contributed by atoms with Crippen LogP contribution in [0.4, 0.5) is 0 Å². The lowest BCUT2D eigenvalue weighted by molar-refractivity contribution is 0.0937. The summed E-state index contributed by atoms with van der Waals surface area (Å²) in [6, 6.07) is 9.94. The largest absolute Gasteiger partial charge is 0.352 e. The molecule has 1 unspecified atom stereocenters. The summed E-state index contributed by atoms with van der Waals surface area (Å²) >= 11 is 0. The van der Waals surface area contributed by atoms with Gasteiger partial charge >= 0.3 is 5.69 Å². The summed E-state index contributed by atoms with van der Waals surface area (Å²) in [4.78, 5) is 52.8. The van der Waals surface area contributed by atoms with E-state index in [0.29, 0.717) is 16.5 Å². The quantitative estimate of drug-likeness (QED) is 0.400. The van der Waals surface area contributed by atoms with E-state index in [2.05, 4.69) is 10.4 Å². The average molecular weight is 490 g/mol.